The van der Waals surface area contributed by atoms with E-state index in [0.717, 1.165) is 12.1 Å². The maximum absolute atomic E-state index is 8.95. The first-order chi connectivity index (χ1) is 7.19. The number of benzene rings is 1. The van der Waals surface area contributed by atoms with Crippen molar-refractivity contribution >= 4 is 28.1 Å². The third kappa shape index (κ3) is 3.23. The van der Waals surface area contributed by atoms with Crippen molar-refractivity contribution in [2.75, 3.05) is 12.8 Å². The lowest BCUT2D eigenvalue weighted by Crippen LogP contribution is -1.88. The molecule has 0 aliphatic heterocycles. The van der Waals surface area contributed by atoms with Crippen LogP contribution in [0.3, 0.4) is 0 Å². The van der Waals surface area contributed by atoms with Crippen molar-refractivity contribution in [1.82, 2.24) is 0 Å². The van der Waals surface area contributed by atoms with Crippen molar-refractivity contribution in [1.29, 1.82) is 0 Å². The van der Waals surface area contributed by atoms with Crippen LogP contribution in [0.25, 0.3) is 0 Å². The van der Waals surface area contributed by atoms with E-state index in [2.05, 4.69) is 32.8 Å². The molecule has 1 aromatic carbocycles. The fourth-order valence-corrected chi connectivity index (χ4v) is 2.26. The molecule has 2 N–H and O–H groups in total. The number of anilines is 1. The average molecular weight is 272 g/mol. The number of aryl methyl sites for hydroxylation is 1. The number of hydrogen-bond acceptors (Lipinski definition) is 3. The predicted octanol–water partition coefficient (Wildman–Crippen LogP) is 2.44. The van der Waals surface area contributed by atoms with Gasteiger partial charge in [0.2, 0.25) is 0 Å². The number of carbonyl (C=O) groups excluding carboxylic acids is 1. The summed E-state index contributed by atoms with van der Waals surface area (Å²) in [7, 11) is 1.31. The van der Waals surface area contributed by atoms with Crippen LogP contribution < -0.4 is 5.73 Å². The number of alkyl halides is 1. The number of methoxy groups -OCH3 is 1. The normalized spacial score (nSPS) is 17.3. The molecule has 0 spiro atoms. The van der Waals surface area contributed by atoms with Crippen LogP contribution in [0.15, 0.2) is 18.2 Å². The van der Waals surface area contributed by atoms with Gasteiger partial charge in [-0.15, -0.1) is 0 Å². The van der Waals surface area contributed by atoms with Crippen LogP contribution in [0.4, 0.5) is 5.69 Å². The minimum absolute atomic E-state index is 0.375. The Labute approximate surface area is 97.7 Å². The lowest BCUT2D eigenvalue weighted by molar-refractivity contribution is -0.126. The molecule has 0 fully saturated rings. The van der Waals surface area contributed by atoms with Crippen molar-refractivity contribution in [3.05, 3.63) is 29.3 Å². The van der Waals surface area contributed by atoms with E-state index in [0.29, 0.717) is 11.3 Å². The summed E-state index contributed by atoms with van der Waals surface area (Å²) < 4.78 is 3.86. The van der Waals surface area contributed by atoms with Gasteiger partial charge in [0.25, 0.3) is 6.47 Å². The predicted molar refractivity (Wildman–Crippen MR) is 63.9 cm³/mol. The first-order valence-corrected chi connectivity index (χ1v) is 5.59. The van der Waals surface area contributed by atoms with E-state index in [4.69, 9.17) is 10.5 Å². The molecule has 0 heterocycles. The maximum atomic E-state index is 8.95. The third-order valence-electron chi connectivity index (χ3n) is 2.27. The van der Waals surface area contributed by atoms with Gasteiger partial charge in [-0.3, -0.25) is 4.79 Å². The highest BCUT2D eigenvalue weighted by atomic mass is 79.9. The van der Waals surface area contributed by atoms with Crippen LogP contribution in [0.5, 0.6) is 0 Å². The molecular weight excluding hydrogens is 258 g/mol. The zero-order chi connectivity index (χ0) is 11.3. The topological polar surface area (TPSA) is 52.3 Å². The van der Waals surface area contributed by atoms with Crippen molar-refractivity contribution in [3.63, 3.8) is 0 Å². The van der Waals surface area contributed by atoms with Crippen molar-refractivity contribution in [3.8, 4) is 0 Å². The van der Waals surface area contributed by atoms with Gasteiger partial charge in [0, 0.05) is 10.5 Å². The summed E-state index contributed by atoms with van der Waals surface area (Å²) in [6, 6.07) is 6.17. The lowest BCUT2D eigenvalue weighted by Gasteiger charge is -2.02. The van der Waals surface area contributed by atoms with Crippen LogP contribution in [0.2, 0.25) is 0 Å². The molecule has 1 unspecified atom stereocenters. The van der Waals surface area contributed by atoms with Gasteiger partial charge in [-0.25, -0.2) is 0 Å². The number of carbonyl (C=O) groups is 1. The molecule has 0 saturated carbocycles. The number of fused-ring (bicyclic) bond motifs is 1. The Morgan fingerprint density at radius 3 is 2.87 bits per heavy atom. The Hall–Kier alpha value is -1.03. The molecule has 1 aliphatic carbocycles. The summed E-state index contributed by atoms with van der Waals surface area (Å²) in [4.78, 5) is 9.51. The van der Waals surface area contributed by atoms with Crippen molar-refractivity contribution < 1.29 is 9.53 Å². The highest BCUT2D eigenvalue weighted by molar-refractivity contribution is 9.09. The highest BCUT2D eigenvalue weighted by Crippen LogP contribution is 2.37. The van der Waals surface area contributed by atoms with E-state index in [1.165, 1.54) is 24.7 Å². The smallest absolute Gasteiger partial charge is 0.292 e. The van der Waals surface area contributed by atoms with Crippen LogP contribution in [-0.4, -0.2) is 13.6 Å². The van der Waals surface area contributed by atoms with E-state index >= 15 is 0 Å². The van der Waals surface area contributed by atoms with E-state index in [1.54, 1.807) is 0 Å². The molecule has 0 saturated heterocycles. The summed E-state index contributed by atoms with van der Waals surface area (Å²) in [6.07, 6.45) is 2.37. The summed E-state index contributed by atoms with van der Waals surface area (Å²) >= 11 is 3.62. The zero-order valence-corrected chi connectivity index (χ0v) is 10.2. The van der Waals surface area contributed by atoms with Gasteiger partial charge in [0.15, 0.2) is 0 Å². The minimum atomic E-state index is 0.375. The third-order valence-corrected chi connectivity index (χ3v) is 3.22. The van der Waals surface area contributed by atoms with Gasteiger partial charge in [-0.1, -0.05) is 22.0 Å². The van der Waals surface area contributed by atoms with Crippen molar-refractivity contribution in [2.45, 2.75) is 17.7 Å². The van der Waals surface area contributed by atoms with Gasteiger partial charge < -0.3 is 10.5 Å². The summed E-state index contributed by atoms with van der Waals surface area (Å²) in [5, 5.41) is 0. The molecule has 0 bridgehead atoms. The number of nitrogen functional groups attached to an aromatic ring is 1. The second kappa shape index (κ2) is 5.75. The molecule has 0 amide bonds. The summed E-state index contributed by atoms with van der Waals surface area (Å²) in [6.45, 7) is 0.375. The Morgan fingerprint density at radius 1 is 1.60 bits per heavy atom. The molecule has 0 radical (unpaired) electrons. The van der Waals surface area contributed by atoms with Gasteiger partial charge in [0.1, 0.15) is 0 Å². The number of hydrogen-bond donors (Lipinski definition) is 1. The van der Waals surface area contributed by atoms with Gasteiger partial charge >= 0.3 is 0 Å². The molecule has 1 atom stereocenters. The molecule has 82 valence electrons. The first kappa shape index (κ1) is 12.0. The van der Waals surface area contributed by atoms with E-state index in [9.17, 15) is 0 Å². The molecule has 0 aromatic heterocycles. The number of ether oxygens (including phenoxy) is 1. The van der Waals surface area contributed by atoms with Crippen LogP contribution in [-0.2, 0) is 16.0 Å². The Morgan fingerprint density at radius 2 is 2.27 bits per heavy atom. The monoisotopic (exact) mass is 271 g/mol. The van der Waals surface area contributed by atoms with E-state index < -0.39 is 0 Å². The van der Waals surface area contributed by atoms with Crippen LogP contribution in [0.1, 0.15) is 22.4 Å². The number of halogens is 1. The SMILES string of the molecule is COC=O.Nc1ccc2c(c1)CCC2Br. The van der Waals surface area contributed by atoms with Gasteiger partial charge in [0.05, 0.1) is 7.11 Å². The van der Waals surface area contributed by atoms with Gasteiger partial charge in [-0.2, -0.15) is 0 Å². The summed E-state index contributed by atoms with van der Waals surface area (Å²) in [5.74, 6) is 0. The lowest BCUT2D eigenvalue weighted by atomic mass is 10.1. The highest BCUT2D eigenvalue weighted by Gasteiger charge is 2.18. The Balaban J connectivity index is 0.000000245. The molecular formula is C11H14BrNO2. The van der Waals surface area contributed by atoms with Crippen LogP contribution >= 0.6 is 15.9 Å². The van der Waals surface area contributed by atoms with Gasteiger partial charge in [-0.05, 0) is 36.1 Å². The first-order valence-electron chi connectivity index (χ1n) is 4.68. The number of rotatable bonds is 1. The molecule has 1 aromatic rings. The fourth-order valence-electron chi connectivity index (χ4n) is 1.59. The summed E-state index contributed by atoms with van der Waals surface area (Å²) in [5.41, 5.74) is 9.37. The van der Waals surface area contributed by atoms with Crippen LogP contribution in [0, 0.1) is 0 Å². The van der Waals surface area contributed by atoms with E-state index in [1.807, 2.05) is 6.07 Å². The average Bonchev–Trinajstić information content (AvgIpc) is 2.60. The maximum Gasteiger partial charge on any atom is 0.292 e. The molecule has 4 heteroatoms. The second-order valence-electron chi connectivity index (χ2n) is 3.30. The Kier molecular flexibility index (Phi) is 4.62. The largest absolute Gasteiger partial charge is 0.471 e. The Bertz CT molecular complexity index is 341. The van der Waals surface area contributed by atoms with Crippen molar-refractivity contribution in [2.24, 2.45) is 0 Å². The fraction of sp³-hybridized carbons (Fsp3) is 0.364. The second-order valence-corrected chi connectivity index (χ2v) is 4.40. The standard InChI is InChI=1S/C9H10BrN.C2H4O2/c10-9-4-1-6-5-7(11)2-3-8(6)9;1-4-2-3/h2-3,5,9H,1,4,11H2;2H,1H3. The molecule has 15 heavy (non-hydrogen) atoms. The molecule has 1 aliphatic rings. The number of nitrogens with two attached hydrogens (primary N) is 1. The molecule has 3 nitrogen and oxygen atoms in total. The van der Waals surface area contributed by atoms with E-state index in [-0.39, 0.29) is 0 Å². The zero-order valence-electron chi connectivity index (χ0n) is 8.57. The quantitative estimate of drug-likeness (QED) is 0.485. The molecule has 2 rings (SSSR count). The minimum Gasteiger partial charge on any atom is -0.471 e.